The van der Waals surface area contributed by atoms with Crippen molar-refractivity contribution in [2.24, 2.45) is 0 Å². The molecule has 1 amide bonds. The molecule has 2 atom stereocenters. The van der Waals surface area contributed by atoms with E-state index < -0.39 is 12.1 Å². The first-order chi connectivity index (χ1) is 23.2. The summed E-state index contributed by atoms with van der Waals surface area (Å²) >= 11 is 0. The van der Waals surface area contributed by atoms with Crippen LogP contribution in [0.15, 0.2) is 72.9 Å². The lowest BCUT2D eigenvalue weighted by Crippen LogP contribution is -2.45. The van der Waals surface area contributed by atoms with E-state index in [9.17, 15) is 15.0 Å². The summed E-state index contributed by atoms with van der Waals surface area (Å²) in [4.78, 5) is 12.3. The molecule has 47 heavy (non-hydrogen) atoms. The molecular formula is C43H75NO3. The van der Waals surface area contributed by atoms with Crippen LogP contribution in [0.4, 0.5) is 0 Å². The number of carbonyl (C=O) groups is 1. The van der Waals surface area contributed by atoms with Crippen molar-refractivity contribution in [2.45, 2.75) is 187 Å². The molecule has 0 saturated heterocycles. The van der Waals surface area contributed by atoms with Crippen molar-refractivity contribution in [2.75, 3.05) is 6.61 Å². The number of rotatable bonds is 34. The lowest BCUT2D eigenvalue weighted by Gasteiger charge is -2.22. The van der Waals surface area contributed by atoms with Gasteiger partial charge in [0.15, 0.2) is 0 Å². The third-order valence-electron chi connectivity index (χ3n) is 8.48. The molecule has 4 heteroatoms. The summed E-state index contributed by atoms with van der Waals surface area (Å²) in [6.45, 7) is 4.21. The van der Waals surface area contributed by atoms with Crippen LogP contribution in [0.25, 0.3) is 0 Å². The molecular weight excluding hydrogens is 578 g/mol. The molecule has 0 rings (SSSR count). The number of hydrogen-bond acceptors (Lipinski definition) is 3. The van der Waals surface area contributed by atoms with Gasteiger partial charge in [-0.3, -0.25) is 4.79 Å². The Morgan fingerprint density at radius 1 is 0.532 bits per heavy atom. The van der Waals surface area contributed by atoms with Crippen LogP contribution < -0.4 is 5.32 Å². The molecule has 0 aliphatic heterocycles. The average Bonchev–Trinajstić information content (AvgIpc) is 3.07. The minimum absolute atomic E-state index is 0.0604. The second-order valence-electron chi connectivity index (χ2n) is 13.0. The summed E-state index contributed by atoms with van der Waals surface area (Å²) < 4.78 is 0. The Morgan fingerprint density at radius 2 is 0.936 bits per heavy atom. The van der Waals surface area contributed by atoms with Gasteiger partial charge in [-0.05, 0) is 64.2 Å². The smallest absolute Gasteiger partial charge is 0.220 e. The van der Waals surface area contributed by atoms with Crippen molar-refractivity contribution in [1.82, 2.24) is 5.32 Å². The van der Waals surface area contributed by atoms with Crippen LogP contribution in [-0.2, 0) is 4.79 Å². The van der Waals surface area contributed by atoms with E-state index in [4.69, 9.17) is 0 Å². The Kier molecular flexibility index (Phi) is 36.5. The first kappa shape index (κ1) is 44.8. The van der Waals surface area contributed by atoms with Crippen LogP contribution >= 0.6 is 0 Å². The minimum Gasteiger partial charge on any atom is -0.394 e. The zero-order chi connectivity index (χ0) is 34.3. The second-order valence-corrected chi connectivity index (χ2v) is 13.0. The van der Waals surface area contributed by atoms with Gasteiger partial charge in [0.1, 0.15) is 0 Å². The van der Waals surface area contributed by atoms with E-state index >= 15 is 0 Å². The molecule has 0 aliphatic rings. The Labute approximate surface area is 291 Å². The minimum atomic E-state index is -0.673. The Balaban J connectivity index is 3.68. The van der Waals surface area contributed by atoms with Crippen molar-refractivity contribution in [3.8, 4) is 0 Å². The topological polar surface area (TPSA) is 69.6 Å². The van der Waals surface area contributed by atoms with Gasteiger partial charge in [-0.1, -0.05) is 177 Å². The summed E-state index contributed by atoms with van der Waals surface area (Å²) in [7, 11) is 0. The molecule has 0 aliphatic carbocycles. The zero-order valence-electron chi connectivity index (χ0n) is 30.8. The maximum Gasteiger partial charge on any atom is 0.220 e. The molecule has 4 nitrogen and oxygen atoms in total. The molecule has 0 spiro atoms. The quantitative estimate of drug-likeness (QED) is 0.0478. The molecule has 270 valence electrons. The van der Waals surface area contributed by atoms with Gasteiger partial charge in [0.25, 0.3) is 0 Å². The Hall–Kier alpha value is -2.17. The SMILES string of the molecule is CC/C=C\C/C=C\C/C=C\C/C=C\C/C=C\C/C=C\CCCCCCC(=O)NC(CO)C(O)CCCCCCCCCCCCCC. The predicted molar refractivity (Wildman–Crippen MR) is 207 cm³/mol. The summed E-state index contributed by atoms with van der Waals surface area (Å²) in [5, 5.41) is 23.0. The van der Waals surface area contributed by atoms with Crippen molar-refractivity contribution >= 4 is 5.91 Å². The van der Waals surface area contributed by atoms with Crippen molar-refractivity contribution in [3.05, 3.63) is 72.9 Å². The number of unbranched alkanes of at least 4 members (excludes halogenated alkanes) is 15. The maximum atomic E-state index is 12.3. The van der Waals surface area contributed by atoms with Crippen LogP contribution in [0.1, 0.15) is 174 Å². The first-order valence-corrected chi connectivity index (χ1v) is 19.6. The van der Waals surface area contributed by atoms with Gasteiger partial charge in [-0.2, -0.15) is 0 Å². The average molecular weight is 654 g/mol. The molecule has 3 N–H and O–H groups in total. The Bertz CT molecular complexity index is 838. The fraction of sp³-hybridized carbons (Fsp3) is 0.698. The van der Waals surface area contributed by atoms with Gasteiger partial charge in [-0.25, -0.2) is 0 Å². The van der Waals surface area contributed by atoms with Crippen molar-refractivity contribution in [1.29, 1.82) is 0 Å². The monoisotopic (exact) mass is 654 g/mol. The largest absolute Gasteiger partial charge is 0.394 e. The zero-order valence-corrected chi connectivity index (χ0v) is 30.8. The summed E-state index contributed by atoms with van der Waals surface area (Å²) in [6.07, 6.45) is 53.9. The second kappa shape index (κ2) is 38.3. The summed E-state index contributed by atoms with van der Waals surface area (Å²) in [5.74, 6) is -0.0604. The molecule has 0 heterocycles. The lowest BCUT2D eigenvalue weighted by molar-refractivity contribution is -0.123. The molecule has 0 aromatic carbocycles. The fourth-order valence-corrected chi connectivity index (χ4v) is 5.48. The van der Waals surface area contributed by atoms with Crippen LogP contribution in [0, 0.1) is 0 Å². The Morgan fingerprint density at radius 3 is 1.40 bits per heavy atom. The highest BCUT2D eigenvalue weighted by Gasteiger charge is 2.19. The maximum absolute atomic E-state index is 12.3. The van der Waals surface area contributed by atoms with E-state index in [2.05, 4.69) is 92.1 Å². The normalized spacial score (nSPS) is 13.9. The van der Waals surface area contributed by atoms with Crippen molar-refractivity contribution in [3.63, 3.8) is 0 Å². The van der Waals surface area contributed by atoms with Gasteiger partial charge in [0, 0.05) is 6.42 Å². The molecule has 0 aromatic heterocycles. The molecule has 0 bridgehead atoms. The van der Waals surface area contributed by atoms with E-state index in [1.165, 1.54) is 64.2 Å². The van der Waals surface area contributed by atoms with E-state index in [-0.39, 0.29) is 12.5 Å². The van der Waals surface area contributed by atoms with Gasteiger partial charge in [-0.15, -0.1) is 0 Å². The number of aliphatic hydroxyl groups is 2. The number of hydrogen-bond donors (Lipinski definition) is 3. The number of nitrogens with one attached hydrogen (secondary N) is 1. The van der Waals surface area contributed by atoms with E-state index in [1.54, 1.807) is 0 Å². The standard InChI is InChI=1S/C43H75NO3/c1-3-5-7-9-11-13-15-17-18-19-20-21-22-23-24-25-26-27-29-31-33-35-37-39-43(47)44-41(40-45)42(46)38-36-34-32-30-28-16-14-12-10-8-6-4-2/h5,7,11,13,17-18,20-21,23-24,26-27,41-42,45-46H,3-4,6,8-10,12,14-16,19,22,25,28-40H2,1-2H3,(H,44,47)/b7-5-,13-11-,18-17-,21-20-,24-23-,27-26-. The third-order valence-corrected chi connectivity index (χ3v) is 8.48. The van der Waals surface area contributed by atoms with Crippen LogP contribution in [0.3, 0.4) is 0 Å². The highest BCUT2D eigenvalue weighted by atomic mass is 16.3. The number of carbonyl (C=O) groups excluding carboxylic acids is 1. The van der Waals surface area contributed by atoms with E-state index in [0.717, 1.165) is 83.5 Å². The number of allylic oxidation sites excluding steroid dienone is 12. The molecule has 0 radical (unpaired) electrons. The van der Waals surface area contributed by atoms with Gasteiger partial charge in [0.2, 0.25) is 5.91 Å². The highest BCUT2D eigenvalue weighted by molar-refractivity contribution is 5.76. The molecule has 2 unspecified atom stereocenters. The molecule has 0 fully saturated rings. The molecule has 0 aromatic rings. The summed E-state index contributed by atoms with van der Waals surface area (Å²) in [6, 6.07) is -0.552. The highest BCUT2D eigenvalue weighted by Crippen LogP contribution is 2.14. The lowest BCUT2D eigenvalue weighted by atomic mass is 10.0. The van der Waals surface area contributed by atoms with Crippen molar-refractivity contribution < 1.29 is 15.0 Å². The van der Waals surface area contributed by atoms with Gasteiger partial charge >= 0.3 is 0 Å². The fourth-order valence-electron chi connectivity index (χ4n) is 5.48. The predicted octanol–water partition coefficient (Wildman–Crippen LogP) is 12.0. The van der Waals surface area contributed by atoms with E-state index in [0.29, 0.717) is 12.8 Å². The van der Waals surface area contributed by atoms with Crippen LogP contribution in [0.5, 0.6) is 0 Å². The van der Waals surface area contributed by atoms with E-state index in [1.807, 2.05) is 0 Å². The van der Waals surface area contributed by atoms with Crippen LogP contribution in [-0.4, -0.2) is 34.9 Å². The first-order valence-electron chi connectivity index (χ1n) is 19.6. The summed E-state index contributed by atoms with van der Waals surface area (Å²) in [5.41, 5.74) is 0. The molecule has 0 saturated carbocycles. The number of amides is 1. The van der Waals surface area contributed by atoms with Gasteiger partial charge in [0.05, 0.1) is 18.8 Å². The third kappa shape index (κ3) is 35.0. The number of aliphatic hydroxyl groups excluding tert-OH is 2. The van der Waals surface area contributed by atoms with Crippen LogP contribution in [0.2, 0.25) is 0 Å². The van der Waals surface area contributed by atoms with Gasteiger partial charge < -0.3 is 15.5 Å².